The first-order chi connectivity index (χ1) is 30.0. The average Bonchev–Trinajstić information content (AvgIpc) is 3.98. The van der Waals surface area contributed by atoms with Gasteiger partial charge in [0.05, 0.1) is 0 Å². The Bertz CT molecular complexity index is 3660. The van der Waals surface area contributed by atoms with E-state index in [-0.39, 0.29) is 0 Å². The SMILES string of the molecule is CCCc1ccc(-c2ccccc2)cc1-c1cc(-c2ccc3c(c2)oc2cc4c(cc23)oc2cc(-c3ccc5oc6ccc(-c7ccccc7)cc6c5c3)ccc24)ccc1C. The minimum atomic E-state index is 0.847. The maximum absolute atomic E-state index is 6.64. The van der Waals surface area contributed by atoms with E-state index in [2.05, 4.69) is 190 Å². The summed E-state index contributed by atoms with van der Waals surface area (Å²) in [5.41, 5.74) is 19.7. The van der Waals surface area contributed by atoms with E-state index in [0.29, 0.717) is 0 Å². The fraction of sp³-hybridized carbons (Fsp3) is 0.0690. The van der Waals surface area contributed by atoms with Crippen LogP contribution in [0.15, 0.2) is 195 Å². The lowest BCUT2D eigenvalue weighted by Crippen LogP contribution is -1.94. The quantitative estimate of drug-likeness (QED) is 0.162. The normalized spacial score (nSPS) is 11.9. The van der Waals surface area contributed by atoms with Crippen molar-refractivity contribution in [2.24, 2.45) is 0 Å². The summed E-state index contributed by atoms with van der Waals surface area (Å²) in [6.45, 7) is 4.47. The zero-order valence-electron chi connectivity index (χ0n) is 34.0. The van der Waals surface area contributed by atoms with Crippen molar-refractivity contribution in [1.82, 2.24) is 0 Å². The summed E-state index contributed by atoms with van der Waals surface area (Å²) >= 11 is 0. The highest BCUT2D eigenvalue weighted by Gasteiger charge is 2.17. The number of rotatable bonds is 7. The van der Waals surface area contributed by atoms with Crippen LogP contribution in [0, 0.1) is 6.92 Å². The van der Waals surface area contributed by atoms with Crippen LogP contribution in [0.2, 0.25) is 0 Å². The predicted octanol–water partition coefficient (Wildman–Crippen LogP) is 17.0. The van der Waals surface area contributed by atoms with E-state index in [1.807, 2.05) is 6.07 Å². The van der Waals surface area contributed by atoms with Gasteiger partial charge in [0.2, 0.25) is 0 Å². The lowest BCUT2D eigenvalue weighted by atomic mass is 9.89. The Hall–Kier alpha value is -7.62. The topological polar surface area (TPSA) is 39.4 Å². The summed E-state index contributed by atoms with van der Waals surface area (Å²) in [6, 6.07) is 65.2. The molecule has 0 radical (unpaired) electrons. The van der Waals surface area contributed by atoms with Gasteiger partial charge in [-0.3, -0.25) is 0 Å². The fourth-order valence-corrected chi connectivity index (χ4v) is 9.39. The van der Waals surface area contributed by atoms with Gasteiger partial charge in [-0.25, -0.2) is 0 Å². The van der Waals surface area contributed by atoms with Crippen LogP contribution in [0.1, 0.15) is 24.5 Å². The van der Waals surface area contributed by atoms with E-state index < -0.39 is 0 Å². The van der Waals surface area contributed by atoms with Crippen molar-refractivity contribution < 1.29 is 13.3 Å². The van der Waals surface area contributed by atoms with E-state index >= 15 is 0 Å². The molecule has 290 valence electrons. The average molecular weight is 785 g/mol. The molecule has 0 amide bonds. The van der Waals surface area contributed by atoms with Gasteiger partial charge >= 0.3 is 0 Å². The van der Waals surface area contributed by atoms with Crippen LogP contribution in [0.4, 0.5) is 0 Å². The molecule has 0 fully saturated rings. The molecule has 0 bridgehead atoms. The second kappa shape index (κ2) is 14.0. The third-order valence-corrected chi connectivity index (χ3v) is 12.6. The summed E-state index contributed by atoms with van der Waals surface area (Å²) in [5, 5.41) is 6.44. The van der Waals surface area contributed by atoms with Crippen molar-refractivity contribution in [3.05, 3.63) is 193 Å². The Morgan fingerprint density at radius 1 is 0.311 bits per heavy atom. The third-order valence-electron chi connectivity index (χ3n) is 12.6. The van der Waals surface area contributed by atoms with Crippen LogP contribution in [0.5, 0.6) is 0 Å². The second-order valence-electron chi connectivity index (χ2n) is 16.4. The van der Waals surface area contributed by atoms with Crippen molar-refractivity contribution >= 4 is 65.8 Å². The molecule has 0 aliphatic heterocycles. The highest BCUT2D eigenvalue weighted by Crippen LogP contribution is 2.41. The predicted molar refractivity (Wildman–Crippen MR) is 254 cm³/mol. The molecule has 3 heteroatoms. The molecule has 61 heavy (non-hydrogen) atoms. The molecule has 12 rings (SSSR count). The van der Waals surface area contributed by atoms with Crippen LogP contribution >= 0.6 is 0 Å². The van der Waals surface area contributed by atoms with Gasteiger partial charge in [0.15, 0.2) is 0 Å². The monoisotopic (exact) mass is 784 g/mol. The van der Waals surface area contributed by atoms with Crippen molar-refractivity contribution in [2.45, 2.75) is 26.7 Å². The number of benzene rings is 9. The van der Waals surface area contributed by atoms with Gasteiger partial charge in [0, 0.05) is 32.3 Å². The maximum Gasteiger partial charge on any atom is 0.136 e. The molecule has 0 aliphatic carbocycles. The molecule has 0 saturated carbocycles. The summed E-state index contributed by atoms with van der Waals surface area (Å²) < 4.78 is 19.5. The lowest BCUT2D eigenvalue weighted by Gasteiger charge is -2.16. The highest BCUT2D eigenvalue weighted by molar-refractivity contribution is 6.15. The molecular formula is C58H40O3. The number of aryl methyl sites for hydroxylation is 2. The Balaban J connectivity index is 0.894. The Kier molecular flexibility index (Phi) is 8.11. The molecular weight excluding hydrogens is 745 g/mol. The molecule has 3 nitrogen and oxygen atoms in total. The minimum absolute atomic E-state index is 0.847. The van der Waals surface area contributed by atoms with E-state index in [9.17, 15) is 0 Å². The van der Waals surface area contributed by atoms with Crippen LogP contribution in [-0.4, -0.2) is 0 Å². The summed E-state index contributed by atoms with van der Waals surface area (Å²) in [6.07, 6.45) is 2.13. The minimum Gasteiger partial charge on any atom is -0.456 e. The molecule has 0 atom stereocenters. The van der Waals surface area contributed by atoms with Gasteiger partial charge in [0.25, 0.3) is 0 Å². The van der Waals surface area contributed by atoms with Gasteiger partial charge in [-0.2, -0.15) is 0 Å². The molecule has 0 saturated heterocycles. The number of hydrogen-bond donors (Lipinski definition) is 0. The van der Waals surface area contributed by atoms with E-state index in [0.717, 1.165) is 95.3 Å². The second-order valence-corrected chi connectivity index (χ2v) is 16.4. The number of furan rings is 3. The number of fused-ring (bicyclic) bond motifs is 9. The smallest absolute Gasteiger partial charge is 0.136 e. The van der Waals surface area contributed by atoms with Gasteiger partial charge in [-0.1, -0.05) is 123 Å². The van der Waals surface area contributed by atoms with Gasteiger partial charge in [0.1, 0.15) is 33.5 Å². The van der Waals surface area contributed by atoms with Gasteiger partial charge in [-0.05, 0) is 153 Å². The van der Waals surface area contributed by atoms with E-state index in [4.69, 9.17) is 13.3 Å². The van der Waals surface area contributed by atoms with Crippen molar-refractivity contribution in [3.63, 3.8) is 0 Å². The van der Waals surface area contributed by atoms with Crippen molar-refractivity contribution in [1.29, 1.82) is 0 Å². The Morgan fingerprint density at radius 3 is 1.30 bits per heavy atom. The fourth-order valence-electron chi connectivity index (χ4n) is 9.39. The first-order valence-corrected chi connectivity index (χ1v) is 21.2. The van der Waals surface area contributed by atoms with E-state index in [1.54, 1.807) is 0 Å². The molecule has 0 N–H and O–H groups in total. The zero-order valence-corrected chi connectivity index (χ0v) is 34.0. The summed E-state index contributed by atoms with van der Waals surface area (Å²) in [7, 11) is 0. The first-order valence-electron chi connectivity index (χ1n) is 21.2. The molecule has 0 aliphatic rings. The summed E-state index contributed by atoms with van der Waals surface area (Å²) in [5.74, 6) is 0. The van der Waals surface area contributed by atoms with E-state index in [1.165, 1.54) is 50.1 Å². The molecule has 3 aromatic heterocycles. The van der Waals surface area contributed by atoms with Gasteiger partial charge in [-0.15, -0.1) is 0 Å². The standard InChI is InChI=1S/C58H40O3/c1-3-10-38-17-18-39(36-11-6-4-7-12-36)28-48(38)47-27-41(16-15-35(47)2)43-19-23-45-51-33-58-52(34-57(51)60-55(45)31-43)46-24-20-44(32-56(46)61-58)42-22-26-54-50(30-42)49-29-40(21-25-53(49)59-54)37-13-8-5-9-14-37/h4-9,11-34H,3,10H2,1-2H3. The van der Waals surface area contributed by atoms with Crippen LogP contribution in [0.3, 0.4) is 0 Å². The van der Waals surface area contributed by atoms with Crippen LogP contribution in [-0.2, 0) is 6.42 Å². The Morgan fingerprint density at radius 2 is 0.721 bits per heavy atom. The van der Waals surface area contributed by atoms with Crippen LogP contribution in [0.25, 0.3) is 121 Å². The molecule has 0 spiro atoms. The first kappa shape index (κ1) is 35.3. The molecule has 0 unspecified atom stereocenters. The summed E-state index contributed by atoms with van der Waals surface area (Å²) in [4.78, 5) is 0. The zero-order chi connectivity index (χ0) is 40.6. The maximum atomic E-state index is 6.64. The molecule has 9 aromatic carbocycles. The third kappa shape index (κ3) is 5.96. The molecule has 12 aromatic rings. The molecule has 3 heterocycles. The lowest BCUT2D eigenvalue weighted by molar-refractivity contribution is 0.664. The largest absolute Gasteiger partial charge is 0.456 e. The Labute approximate surface area is 353 Å². The van der Waals surface area contributed by atoms with Gasteiger partial charge < -0.3 is 13.3 Å². The van der Waals surface area contributed by atoms with Crippen molar-refractivity contribution in [3.8, 4) is 55.6 Å². The van der Waals surface area contributed by atoms with Crippen LogP contribution < -0.4 is 0 Å². The highest BCUT2D eigenvalue weighted by atomic mass is 16.3. The number of hydrogen-bond acceptors (Lipinski definition) is 3. The van der Waals surface area contributed by atoms with Crippen molar-refractivity contribution in [2.75, 3.05) is 0 Å².